The van der Waals surface area contributed by atoms with Gasteiger partial charge in [-0.15, -0.1) is 0 Å². The Morgan fingerprint density at radius 1 is 1.00 bits per heavy atom. The maximum Gasteiger partial charge on any atom is 0.257 e. The van der Waals surface area contributed by atoms with Crippen LogP contribution in [0.3, 0.4) is 0 Å². The van der Waals surface area contributed by atoms with Crippen molar-refractivity contribution in [1.82, 2.24) is 24.7 Å². The Kier molecular flexibility index (Phi) is 5.76. The number of aromatic nitrogens is 5. The van der Waals surface area contributed by atoms with Crippen LogP contribution in [0, 0.1) is 13.8 Å². The number of phenols is 1. The molecule has 2 aromatic carbocycles. The van der Waals surface area contributed by atoms with Gasteiger partial charge >= 0.3 is 0 Å². The van der Waals surface area contributed by atoms with Crippen molar-refractivity contribution >= 4 is 35.4 Å². The molecule has 31 heavy (non-hydrogen) atoms. The van der Waals surface area contributed by atoms with Gasteiger partial charge in [0.15, 0.2) is 0 Å². The minimum absolute atomic E-state index is 0.0559. The summed E-state index contributed by atoms with van der Waals surface area (Å²) in [4.78, 5) is 13.3. The van der Waals surface area contributed by atoms with Gasteiger partial charge in [0.25, 0.3) is 5.95 Å². The second kappa shape index (κ2) is 8.80. The number of halogens is 1. The number of hydrazone groups is 1. The fourth-order valence-corrected chi connectivity index (χ4v) is 3.02. The van der Waals surface area contributed by atoms with Crippen molar-refractivity contribution in [2.75, 3.05) is 10.7 Å². The van der Waals surface area contributed by atoms with Gasteiger partial charge in [-0.05, 0) is 50.2 Å². The van der Waals surface area contributed by atoms with Crippen molar-refractivity contribution in [3.63, 3.8) is 0 Å². The number of phenolic OH excluding ortho intramolecular Hbond substituents is 1. The van der Waals surface area contributed by atoms with Gasteiger partial charge in [0.05, 0.1) is 11.9 Å². The lowest BCUT2D eigenvalue weighted by Crippen LogP contribution is -2.11. The molecule has 0 unspecified atom stereocenters. The number of hydrogen-bond acceptors (Lipinski definition) is 8. The lowest BCUT2D eigenvalue weighted by molar-refractivity contribution is 0.474. The summed E-state index contributed by atoms with van der Waals surface area (Å²) in [6.45, 7) is 3.82. The van der Waals surface area contributed by atoms with E-state index < -0.39 is 0 Å². The molecule has 4 aromatic rings. The molecule has 0 spiro atoms. The minimum Gasteiger partial charge on any atom is -0.507 e. The maximum atomic E-state index is 9.93. The summed E-state index contributed by atoms with van der Waals surface area (Å²) >= 11 is 5.97. The molecule has 9 nitrogen and oxygen atoms in total. The molecule has 0 saturated carbocycles. The molecule has 10 heteroatoms. The molecule has 0 saturated heterocycles. The Hall–Kier alpha value is -3.98. The number of nitrogens with zero attached hydrogens (tertiary/aromatic N) is 6. The van der Waals surface area contributed by atoms with E-state index in [-0.39, 0.29) is 11.7 Å². The largest absolute Gasteiger partial charge is 0.507 e. The molecule has 0 bridgehead atoms. The molecule has 0 aliphatic heterocycles. The highest BCUT2D eigenvalue weighted by Crippen LogP contribution is 2.20. The first-order valence-corrected chi connectivity index (χ1v) is 9.75. The number of hydrogen-bond donors (Lipinski definition) is 3. The lowest BCUT2D eigenvalue weighted by Gasteiger charge is -2.09. The number of benzene rings is 2. The van der Waals surface area contributed by atoms with E-state index in [1.807, 2.05) is 50.2 Å². The van der Waals surface area contributed by atoms with E-state index in [1.54, 1.807) is 16.8 Å². The van der Waals surface area contributed by atoms with Crippen LogP contribution in [0.4, 0.5) is 17.6 Å². The molecule has 0 aliphatic rings. The van der Waals surface area contributed by atoms with Gasteiger partial charge in [-0.3, -0.25) is 0 Å². The molecule has 0 fully saturated rings. The van der Waals surface area contributed by atoms with E-state index in [0.29, 0.717) is 22.5 Å². The number of rotatable bonds is 6. The molecule has 0 amide bonds. The standard InChI is InChI=1S/C21H19ClN8O/c1-13-10-14(2)30(29-13)21-26-19(24-17-6-4-3-5-7-17)25-20(27-21)28-23-12-15-11-16(22)8-9-18(15)31/h3-12,31H,1-2H3,(H2,24,25,26,27,28)/b23-12+. The van der Waals surface area contributed by atoms with Crippen LogP contribution in [0.2, 0.25) is 5.02 Å². The predicted octanol–water partition coefficient (Wildman–Crippen LogP) is 4.22. The molecule has 156 valence electrons. The molecule has 0 aliphatic carbocycles. The SMILES string of the molecule is Cc1cc(C)n(-c2nc(N/N=C/c3cc(Cl)ccc3O)nc(Nc3ccccc3)n2)n1. The van der Waals surface area contributed by atoms with Crippen molar-refractivity contribution in [3.05, 3.63) is 76.6 Å². The third-order valence-electron chi connectivity index (χ3n) is 4.21. The summed E-state index contributed by atoms with van der Waals surface area (Å²) in [7, 11) is 0. The zero-order valence-corrected chi connectivity index (χ0v) is 17.5. The Balaban J connectivity index is 1.66. The van der Waals surface area contributed by atoms with Gasteiger partial charge in [0.1, 0.15) is 5.75 Å². The quantitative estimate of drug-likeness (QED) is 0.307. The van der Waals surface area contributed by atoms with Crippen LogP contribution < -0.4 is 10.7 Å². The maximum absolute atomic E-state index is 9.93. The number of aryl methyl sites for hydroxylation is 2. The van der Waals surface area contributed by atoms with Crippen molar-refractivity contribution in [3.8, 4) is 11.7 Å². The Bertz CT molecular complexity index is 1240. The fourth-order valence-electron chi connectivity index (χ4n) is 2.84. The van der Waals surface area contributed by atoms with Crippen LogP contribution in [0.15, 0.2) is 59.7 Å². The molecule has 0 radical (unpaired) electrons. The average Bonchev–Trinajstić information content (AvgIpc) is 3.09. The molecular weight excluding hydrogens is 416 g/mol. The Labute approximate surface area is 183 Å². The van der Waals surface area contributed by atoms with Crippen molar-refractivity contribution < 1.29 is 5.11 Å². The van der Waals surface area contributed by atoms with Gasteiger partial charge in [-0.1, -0.05) is 29.8 Å². The van der Waals surface area contributed by atoms with E-state index in [2.05, 4.69) is 35.9 Å². The lowest BCUT2D eigenvalue weighted by atomic mass is 10.2. The van der Waals surface area contributed by atoms with E-state index in [0.717, 1.165) is 17.1 Å². The highest BCUT2D eigenvalue weighted by molar-refractivity contribution is 6.30. The number of anilines is 3. The predicted molar refractivity (Wildman–Crippen MR) is 120 cm³/mol. The summed E-state index contributed by atoms with van der Waals surface area (Å²) in [5.74, 6) is 0.920. The fraction of sp³-hybridized carbons (Fsp3) is 0.0952. The first-order valence-electron chi connectivity index (χ1n) is 9.37. The van der Waals surface area contributed by atoms with Gasteiger partial charge < -0.3 is 10.4 Å². The topological polar surface area (TPSA) is 113 Å². The molecular formula is C21H19ClN8O. The Morgan fingerprint density at radius 2 is 1.77 bits per heavy atom. The highest BCUT2D eigenvalue weighted by Gasteiger charge is 2.12. The van der Waals surface area contributed by atoms with Crippen molar-refractivity contribution in [2.45, 2.75) is 13.8 Å². The first-order chi connectivity index (χ1) is 15.0. The zero-order chi connectivity index (χ0) is 21.8. The number of nitrogens with one attached hydrogen (secondary N) is 2. The summed E-state index contributed by atoms with van der Waals surface area (Å²) in [6.07, 6.45) is 1.43. The smallest absolute Gasteiger partial charge is 0.257 e. The summed E-state index contributed by atoms with van der Waals surface area (Å²) in [5, 5.41) is 22.1. The number of para-hydroxylation sites is 1. The monoisotopic (exact) mass is 434 g/mol. The summed E-state index contributed by atoms with van der Waals surface area (Å²) < 4.78 is 1.63. The van der Waals surface area contributed by atoms with E-state index >= 15 is 0 Å². The van der Waals surface area contributed by atoms with Crippen LogP contribution >= 0.6 is 11.6 Å². The molecule has 3 N–H and O–H groups in total. The van der Waals surface area contributed by atoms with Crippen LogP contribution in [0.1, 0.15) is 17.0 Å². The van der Waals surface area contributed by atoms with E-state index in [1.165, 1.54) is 12.3 Å². The molecule has 0 atom stereocenters. The molecule has 2 heterocycles. The zero-order valence-electron chi connectivity index (χ0n) is 16.8. The second-order valence-electron chi connectivity index (χ2n) is 6.69. The van der Waals surface area contributed by atoms with E-state index in [4.69, 9.17) is 11.6 Å². The summed E-state index contributed by atoms with van der Waals surface area (Å²) in [6, 6.07) is 16.2. The second-order valence-corrected chi connectivity index (χ2v) is 7.12. The highest BCUT2D eigenvalue weighted by atomic mass is 35.5. The third-order valence-corrected chi connectivity index (χ3v) is 4.45. The van der Waals surface area contributed by atoms with Crippen LogP contribution in [-0.4, -0.2) is 36.1 Å². The first kappa shape index (κ1) is 20.3. The van der Waals surface area contributed by atoms with Crippen LogP contribution in [-0.2, 0) is 0 Å². The summed E-state index contributed by atoms with van der Waals surface area (Å²) in [5.41, 5.74) is 5.78. The normalized spacial score (nSPS) is 11.1. The van der Waals surface area contributed by atoms with Gasteiger partial charge in [-0.2, -0.15) is 25.2 Å². The molecule has 4 rings (SSSR count). The van der Waals surface area contributed by atoms with Crippen molar-refractivity contribution in [1.29, 1.82) is 0 Å². The van der Waals surface area contributed by atoms with E-state index in [9.17, 15) is 5.11 Å². The minimum atomic E-state index is 0.0559. The number of aromatic hydroxyl groups is 1. The van der Waals surface area contributed by atoms with Crippen molar-refractivity contribution in [2.24, 2.45) is 5.10 Å². The van der Waals surface area contributed by atoms with Gasteiger partial charge in [-0.25, -0.2) is 10.1 Å². The van der Waals surface area contributed by atoms with Crippen LogP contribution in [0.5, 0.6) is 5.75 Å². The van der Waals surface area contributed by atoms with Gasteiger partial charge in [0.2, 0.25) is 11.9 Å². The average molecular weight is 435 g/mol. The third kappa shape index (κ3) is 4.96. The molecule has 2 aromatic heterocycles. The van der Waals surface area contributed by atoms with Crippen LogP contribution in [0.25, 0.3) is 5.95 Å². The van der Waals surface area contributed by atoms with Gasteiger partial charge in [0, 0.05) is 22.0 Å². The Morgan fingerprint density at radius 3 is 2.52 bits per heavy atom.